The van der Waals surface area contributed by atoms with Gasteiger partial charge in [0.1, 0.15) is 11.5 Å². The van der Waals surface area contributed by atoms with Crippen molar-refractivity contribution in [3.63, 3.8) is 0 Å². The van der Waals surface area contributed by atoms with E-state index in [1.807, 2.05) is 30.3 Å². The first-order valence-corrected chi connectivity index (χ1v) is 10.00. The molecule has 7 nitrogen and oxygen atoms in total. The zero-order valence-corrected chi connectivity index (χ0v) is 17.1. The Morgan fingerprint density at radius 1 is 1.29 bits per heavy atom. The van der Waals surface area contributed by atoms with Crippen molar-refractivity contribution < 1.29 is 0 Å². The number of anilines is 2. The number of nitrogens with two attached hydrogens (primary N) is 1. The van der Waals surface area contributed by atoms with Gasteiger partial charge in [-0.2, -0.15) is 0 Å². The molecule has 1 aliphatic carbocycles. The highest BCUT2D eigenvalue weighted by atomic mass is 32.1. The van der Waals surface area contributed by atoms with E-state index in [-0.39, 0.29) is 24.1 Å². The van der Waals surface area contributed by atoms with Crippen molar-refractivity contribution in [2.75, 3.05) is 17.7 Å². The molecule has 0 unspecified atom stereocenters. The molecule has 3 rings (SSSR count). The average molecular weight is 402 g/mol. The minimum atomic E-state index is -0.546. The number of nitrogen functional groups attached to an aromatic ring is 1. The second kappa shape index (κ2) is 8.60. The molecule has 2 atom stereocenters. The molecule has 1 aromatic heterocycles. The molecule has 2 aromatic rings. The van der Waals surface area contributed by atoms with Crippen molar-refractivity contribution in [2.45, 2.75) is 45.2 Å². The van der Waals surface area contributed by atoms with Crippen LogP contribution < -0.4 is 27.2 Å². The van der Waals surface area contributed by atoms with Gasteiger partial charge in [-0.15, -0.1) is 0 Å². The Kier molecular flexibility index (Phi) is 6.18. The minimum Gasteiger partial charge on any atom is -0.383 e. The van der Waals surface area contributed by atoms with E-state index in [2.05, 4.69) is 17.2 Å². The van der Waals surface area contributed by atoms with Crippen LogP contribution in [0, 0.1) is 5.92 Å². The molecule has 4 N–H and O–H groups in total. The van der Waals surface area contributed by atoms with Gasteiger partial charge in [0.05, 0.1) is 6.54 Å². The normalized spacial score (nSPS) is 19.2. The molecule has 1 saturated carbocycles. The molecule has 8 heteroatoms. The minimum absolute atomic E-state index is 0.0981. The monoisotopic (exact) mass is 401 g/mol. The summed E-state index contributed by atoms with van der Waals surface area (Å²) in [7, 11) is 1.70. The second-order valence-corrected chi connectivity index (χ2v) is 7.83. The van der Waals surface area contributed by atoms with Crippen LogP contribution in [0.15, 0.2) is 39.9 Å². The molecule has 1 aromatic carbocycles. The van der Waals surface area contributed by atoms with Crippen LogP contribution in [0.4, 0.5) is 11.5 Å². The number of H-pyrrole nitrogens is 1. The largest absolute Gasteiger partial charge is 0.383 e. The summed E-state index contributed by atoms with van der Waals surface area (Å²) in [5.74, 6) is 0.615. The summed E-state index contributed by atoms with van der Waals surface area (Å²) in [4.78, 5) is 28.7. The number of nitrogens with one attached hydrogen (secondary N) is 2. The van der Waals surface area contributed by atoms with E-state index < -0.39 is 11.2 Å². The van der Waals surface area contributed by atoms with Crippen molar-refractivity contribution in [1.82, 2.24) is 14.9 Å². The number of aromatic nitrogens is 2. The van der Waals surface area contributed by atoms with Crippen LogP contribution >= 0.6 is 12.2 Å². The van der Waals surface area contributed by atoms with Crippen molar-refractivity contribution in [3.8, 4) is 0 Å². The second-order valence-electron chi connectivity index (χ2n) is 7.44. The Balaban J connectivity index is 1.88. The molecular weight excluding hydrogens is 374 g/mol. The summed E-state index contributed by atoms with van der Waals surface area (Å²) in [6, 6.07) is 9.75. The fourth-order valence-corrected chi connectivity index (χ4v) is 3.95. The van der Waals surface area contributed by atoms with Crippen LogP contribution in [0.1, 0.15) is 38.2 Å². The third-order valence-corrected chi connectivity index (χ3v) is 5.85. The van der Waals surface area contributed by atoms with Gasteiger partial charge >= 0.3 is 5.69 Å². The summed E-state index contributed by atoms with van der Waals surface area (Å²) < 4.78 is 1.36. The van der Waals surface area contributed by atoms with Gasteiger partial charge in [0.15, 0.2) is 5.11 Å². The summed E-state index contributed by atoms with van der Waals surface area (Å²) in [5, 5.41) is 3.80. The van der Waals surface area contributed by atoms with Crippen LogP contribution in [0.3, 0.4) is 0 Å². The first kappa shape index (κ1) is 20.1. The molecule has 0 saturated heterocycles. The molecule has 0 aliphatic heterocycles. The predicted octanol–water partition coefficient (Wildman–Crippen LogP) is 2.06. The molecule has 1 fully saturated rings. The van der Waals surface area contributed by atoms with Crippen LogP contribution in [0.5, 0.6) is 0 Å². The predicted molar refractivity (Wildman–Crippen MR) is 117 cm³/mol. The maximum Gasteiger partial charge on any atom is 0.330 e. The highest BCUT2D eigenvalue weighted by Gasteiger charge is 2.25. The van der Waals surface area contributed by atoms with E-state index in [4.69, 9.17) is 18.0 Å². The standard InChI is InChI=1S/C20H27N5O2S/c1-13-8-6-7-11-15(13)22-20(28)24(2)16-17(21)25(19(27)23-18(16)26)12-14-9-4-3-5-10-14/h3-5,9-10,13,15H,6-8,11-12,21H2,1-2H3,(H,22,28)(H,23,26,27)/t13-,15+/m0/s1. The molecule has 0 amide bonds. The number of benzene rings is 1. The van der Waals surface area contributed by atoms with Gasteiger partial charge in [-0.3, -0.25) is 14.3 Å². The van der Waals surface area contributed by atoms with Crippen LogP contribution in [-0.2, 0) is 6.54 Å². The maximum atomic E-state index is 12.5. The molecule has 28 heavy (non-hydrogen) atoms. The van der Waals surface area contributed by atoms with Crippen molar-refractivity contribution in [3.05, 3.63) is 56.7 Å². The molecule has 1 heterocycles. The molecular formula is C20H27N5O2S. The lowest BCUT2D eigenvalue weighted by Crippen LogP contribution is -2.49. The Morgan fingerprint density at radius 2 is 1.96 bits per heavy atom. The first-order valence-electron chi connectivity index (χ1n) is 9.59. The van der Waals surface area contributed by atoms with Gasteiger partial charge in [0.2, 0.25) is 0 Å². The number of aromatic amines is 1. The quantitative estimate of drug-likeness (QED) is 0.679. The Labute approximate surface area is 169 Å². The average Bonchev–Trinajstić information content (AvgIpc) is 2.67. The highest BCUT2D eigenvalue weighted by molar-refractivity contribution is 7.80. The molecule has 0 spiro atoms. The van der Waals surface area contributed by atoms with E-state index in [1.165, 1.54) is 17.4 Å². The highest BCUT2D eigenvalue weighted by Crippen LogP contribution is 2.24. The lowest BCUT2D eigenvalue weighted by molar-refractivity contribution is 0.309. The lowest BCUT2D eigenvalue weighted by atomic mass is 9.86. The number of thiocarbonyl (C=S) groups is 1. The van der Waals surface area contributed by atoms with Gasteiger partial charge in [0, 0.05) is 13.1 Å². The number of rotatable bonds is 4. The van der Waals surface area contributed by atoms with Crippen LogP contribution in [0.25, 0.3) is 0 Å². The fourth-order valence-electron chi connectivity index (χ4n) is 3.71. The van der Waals surface area contributed by atoms with E-state index >= 15 is 0 Å². The van der Waals surface area contributed by atoms with Gasteiger partial charge in [-0.25, -0.2) is 4.79 Å². The number of nitrogens with zero attached hydrogens (tertiary/aromatic N) is 2. The van der Waals surface area contributed by atoms with Gasteiger partial charge < -0.3 is 16.0 Å². The number of hydrogen-bond acceptors (Lipinski definition) is 4. The van der Waals surface area contributed by atoms with E-state index in [0.29, 0.717) is 11.0 Å². The summed E-state index contributed by atoms with van der Waals surface area (Å²) in [5.41, 5.74) is 6.25. The van der Waals surface area contributed by atoms with Crippen LogP contribution in [0.2, 0.25) is 0 Å². The van der Waals surface area contributed by atoms with E-state index in [9.17, 15) is 9.59 Å². The van der Waals surface area contributed by atoms with E-state index in [1.54, 1.807) is 11.9 Å². The van der Waals surface area contributed by atoms with Gasteiger partial charge in [-0.05, 0) is 36.5 Å². The van der Waals surface area contributed by atoms with Crippen molar-refractivity contribution in [1.29, 1.82) is 0 Å². The maximum absolute atomic E-state index is 12.5. The zero-order valence-electron chi connectivity index (χ0n) is 16.3. The third kappa shape index (κ3) is 4.27. The smallest absolute Gasteiger partial charge is 0.330 e. The summed E-state index contributed by atoms with van der Waals surface area (Å²) in [6.07, 6.45) is 4.61. The Morgan fingerprint density at radius 3 is 2.64 bits per heavy atom. The first-order chi connectivity index (χ1) is 13.4. The molecule has 1 aliphatic rings. The topological polar surface area (TPSA) is 96.2 Å². The molecule has 150 valence electrons. The van der Waals surface area contributed by atoms with Crippen LogP contribution in [-0.4, -0.2) is 27.8 Å². The van der Waals surface area contributed by atoms with Crippen molar-refractivity contribution >= 4 is 28.8 Å². The Hall–Kier alpha value is -2.61. The lowest BCUT2D eigenvalue weighted by Gasteiger charge is -2.33. The van der Waals surface area contributed by atoms with Crippen molar-refractivity contribution in [2.24, 2.45) is 5.92 Å². The fraction of sp³-hybridized carbons (Fsp3) is 0.450. The molecule has 0 radical (unpaired) electrons. The SMILES string of the molecule is C[C@H]1CCCC[C@H]1NC(=S)N(C)c1c(N)n(Cc2ccccc2)c(=O)[nH]c1=O. The third-order valence-electron chi connectivity index (χ3n) is 5.46. The number of hydrogen-bond donors (Lipinski definition) is 3. The summed E-state index contributed by atoms with van der Waals surface area (Å²) in [6.45, 7) is 2.48. The molecule has 0 bridgehead atoms. The summed E-state index contributed by atoms with van der Waals surface area (Å²) >= 11 is 5.54. The van der Waals surface area contributed by atoms with E-state index in [0.717, 1.165) is 18.4 Å². The van der Waals surface area contributed by atoms with Gasteiger partial charge in [-0.1, -0.05) is 50.1 Å². The Bertz CT molecular complexity index is 953. The van der Waals surface area contributed by atoms with Gasteiger partial charge in [0.25, 0.3) is 5.56 Å². The zero-order chi connectivity index (χ0) is 20.3.